The Balaban J connectivity index is 1.79. The van der Waals surface area contributed by atoms with Gasteiger partial charge in [-0.2, -0.15) is 0 Å². The average Bonchev–Trinajstić information content (AvgIpc) is 2.78. The molecule has 3 unspecified atom stereocenters. The highest BCUT2D eigenvalue weighted by molar-refractivity contribution is 5.78. The topological polar surface area (TPSA) is 44.4 Å². The first-order valence-corrected chi connectivity index (χ1v) is 7.44. The van der Waals surface area contributed by atoms with Gasteiger partial charge in [-0.15, -0.1) is 0 Å². The number of fused-ring (bicyclic) bond motifs is 1. The van der Waals surface area contributed by atoms with Crippen LogP contribution in [-0.2, 0) is 4.79 Å². The van der Waals surface area contributed by atoms with Gasteiger partial charge in [0.05, 0.1) is 6.54 Å². The molecular weight excluding hydrogens is 226 g/mol. The van der Waals surface area contributed by atoms with E-state index < -0.39 is 0 Å². The molecule has 2 fully saturated rings. The number of amides is 1. The van der Waals surface area contributed by atoms with E-state index >= 15 is 0 Å². The Labute approximate surface area is 110 Å². The van der Waals surface area contributed by atoms with E-state index in [1.165, 1.54) is 12.8 Å². The summed E-state index contributed by atoms with van der Waals surface area (Å²) in [5, 5.41) is 6.56. The molecule has 2 rings (SSSR count). The molecule has 0 saturated carbocycles. The largest absolute Gasteiger partial charge is 0.353 e. The maximum Gasteiger partial charge on any atom is 0.234 e. The lowest BCUT2D eigenvalue weighted by atomic mass is 9.92. The number of carbonyl (C=O) groups excluding carboxylic acids is 1. The fourth-order valence-electron chi connectivity index (χ4n) is 3.37. The average molecular weight is 253 g/mol. The van der Waals surface area contributed by atoms with E-state index in [9.17, 15) is 4.79 Å². The van der Waals surface area contributed by atoms with Crippen molar-refractivity contribution >= 4 is 5.91 Å². The maximum atomic E-state index is 12.0. The van der Waals surface area contributed by atoms with Gasteiger partial charge >= 0.3 is 0 Å². The van der Waals surface area contributed by atoms with Crippen molar-refractivity contribution in [3.05, 3.63) is 0 Å². The summed E-state index contributed by atoms with van der Waals surface area (Å²) < 4.78 is 0. The predicted molar refractivity (Wildman–Crippen MR) is 73.5 cm³/mol. The van der Waals surface area contributed by atoms with E-state index in [1.807, 2.05) is 0 Å². The smallest absolute Gasteiger partial charge is 0.234 e. The van der Waals surface area contributed by atoms with Gasteiger partial charge in [0.1, 0.15) is 0 Å². The van der Waals surface area contributed by atoms with E-state index in [4.69, 9.17) is 0 Å². The van der Waals surface area contributed by atoms with E-state index in [2.05, 4.69) is 29.4 Å². The van der Waals surface area contributed by atoms with Gasteiger partial charge in [0.2, 0.25) is 5.91 Å². The van der Waals surface area contributed by atoms with Gasteiger partial charge in [-0.05, 0) is 45.2 Å². The molecule has 4 heteroatoms. The van der Waals surface area contributed by atoms with Gasteiger partial charge in [0, 0.05) is 18.6 Å². The summed E-state index contributed by atoms with van der Waals surface area (Å²) in [5.41, 5.74) is 0. The lowest BCUT2D eigenvalue weighted by Gasteiger charge is -2.36. The van der Waals surface area contributed by atoms with E-state index in [1.54, 1.807) is 0 Å². The molecule has 0 radical (unpaired) electrons. The molecule has 0 aromatic carbocycles. The predicted octanol–water partition coefficient (Wildman–Crippen LogP) is 0.975. The van der Waals surface area contributed by atoms with Crippen LogP contribution in [0.5, 0.6) is 0 Å². The molecule has 3 atom stereocenters. The van der Waals surface area contributed by atoms with Crippen LogP contribution in [0.2, 0.25) is 0 Å². The first kappa shape index (κ1) is 13.8. The number of rotatable bonds is 5. The first-order valence-electron chi connectivity index (χ1n) is 7.44. The highest BCUT2D eigenvalue weighted by atomic mass is 16.2. The van der Waals surface area contributed by atoms with Crippen molar-refractivity contribution in [2.45, 2.75) is 51.6 Å². The molecule has 0 aromatic rings. The summed E-state index contributed by atoms with van der Waals surface area (Å²) >= 11 is 0. The third kappa shape index (κ3) is 3.45. The molecule has 2 N–H and O–H groups in total. The molecule has 18 heavy (non-hydrogen) atoms. The molecule has 2 saturated heterocycles. The van der Waals surface area contributed by atoms with Crippen molar-refractivity contribution in [2.75, 3.05) is 26.2 Å². The van der Waals surface area contributed by atoms with Crippen LogP contribution in [0, 0.1) is 5.92 Å². The maximum absolute atomic E-state index is 12.0. The van der Waals surface area contributed by atoms with E-state index in [0.29, 0.717) is 18.6 Å². The number of nitrogens with zero attached hydrogens (tertiary/aromatic N) is 1. The molecule has 2 aliphatic rings. The quantitative estimate of drug-likeness (QED) is 0.767. The Hall–Kier alpha value is -0.610. The summed E-state index contributed by atoms with van der Waals surface area (Å²) in [5.74, 6) is 0.961. The zero-order valence-corrected chi connectivity index (χ0v) is 11.7. The number of hydrogen-bond acceptors (Lipinski definition) is 3. The van der Waals surface area contributed by atoms with Gasteiger partial charge in [0.15, 0.2) is 0 Å². The number of carbonyl (C=O) groups is 1. The monoisotopic (exact) mass is 253 g/mol. The van der Waals surface area contributed by atoms with Gasteiger partial charge in [0.25, 0.3) is 0 Å². The van der Waals surface area contributed by atoms with Gasteiger partial charge in [-0.25, -0.2) is 0 Å². The second-order valence-electron chi connectivity index (χ2n) is 5.86. The van der Waals surface area contributed by atoms with E-state index in [-0.39, 0.29) is 5.91 Å². The SMILES string of the molecule is CCCC(C)NC(=O)CN1CCCC2CNCC21. The molecule has 2 aliphatic heterocycles. The molecule has 4 nitrogen and oxygen atoms in total. The Morgan fingerprint density at radius 2 is 2.33 bits per heavy atom. The van der Waals surface area contributed by atoms with Crippen LogP contribution >= 0.6 is 0 Å². The van der Waals surface area contributed by atoms with Crippen LogP contribution in [0.25, 0.3) is 0 Å². The second-order valence-corrected chi connectivity index (χ2v) is 5.86. The van der Waals surface area contributed by atoms with Crippen molar-refractivity contribution in [1.82, 2.24) is 15.5 Å². The minimum Gasteiger partial charge on any atom is -0.353 e. The van der Waals surface area contributed by atoms with Crippen LogP contribution in [0.3, 0.4) is 0 Å². The van der Waals surface area contributed by atoms with Crippen molar-refractivity contribution in [2.24, 2.45) is 5.92 Å². The Morgan fingerprint density at radius 1 is 1.50 bits per heavy atom. The minimum absolute atomic E-state index is 0.198. The highest BCUT2D eigenvalue weighted by Gasteiger charge is 2.35. The third-order valence-corrected chi connectivity index (χ3v) is 4.27. The normalized spacial score (nSPS) is 29.9. The number of nitrogens with one attached hydrogen (secondary N) is 2. The Morgan fingerprint density at radius 3 is 3.11 bits per heavy atom. The van der Waals surface area contributed by atoms with Crippen LogP contribution in [0.4, 0.5) is 0 Å². The molecule has 2 heterocycles. The molecule has 0 aliphatic carbocycles. The van der Waals surface area contributed by atoms with Crippen LogP contribution in [-0.4, -0.2) is 49.1 Å². The zero-order valence-electron chi connectivity index (χ0n) is 11.7. The zero-order chi connectivity index (χ0) is 13.0. The summed E-state index contributed by atoms with van der Waals surface area (Å²) in [6.45, 7) is 8.10. The number of piperidine rings is 1. The fraction of sp³-hybridized carbons (Fsp3) is 0.929. The van der Waals surface area contributed by atoms with Crippen LogP contribution in [0.1, 0.15) is 39.5 Å². The van der Waals surface area contributed by atoms with Crippen molar-refractivity contribution in [1.29, 1.82) is 0 Å². The number of hydrogen-bond donors (Lipinski definition) is 2. The van der Waals surface area contributed by atoms with Crippen LogP contribution in [0.15, 0.2) is 0 Å². The van der Waals surface area contributed by atoms with Gasteiger partial charge in [-0.3, -0.25) is 9.69 Å². The summed E-state index contributed by atoms with van der Waals surface area (Å²) in [6.07, 6.45) is 4.75. The molecule has 1 amide bonds. The van der Waals surface area contributed by atoms with Crippen molar-refractivity contribution in [3.63, 3.8) is 0 Å². The highest BCUT2D eigenvalue weighted by Crippen LogP contribution is 2.25. The van der Waals surface area contributed by atoms with Gasteiger partial charge < -0.3 is 10.6 Å². The van der Waals surface area contributed by atoms with Crippen LogP contribution < -0.4 is 10.6 Å². The molecule has 0 bridgehead atoms. The Bertz CT molecular complexity index is 282. The van der Waals surface area contributed by atoms with E-state index in [0.717, 1.165) is 38.4 Å². The summed E-state index contributed by atoms with van der Waals surface area (Å²) in [6, 6.07) is 0.899. The Kier molecular flexibility index (Phi) is 5.01. The molecule has 0 spiro atoms. The van der Waals surface area contributed by atoms with Gasteiger partial charge in [-0.1, -0.05) is 13.3 Å². The molecular formula is C14H27N3O. The summed E-state index contributed by atoms with van der Waals surface area (Å²) in [7, 11) is 0. The number of likely N-dealkylation sites (tertiary alicyclic amines) is 1. The summed E-state index contributed by atoms with van der Waals surface area (Å²) in [4.78, 5) is 14.4. The lowest BCUT2D eigenvalue weighted by molar-refractivity contribution is -0.123. The second kappa shape index (κ2) is 6.53. The molecule has 104 valence electrons. The van der Waals surface area contributed by atoms with Crippen molar-refractivity contribution < 1.29 is 4.79 Å². The standard InChI is InChI=1S/C14H27N3O/c1-3-5-11(2)16-14(18)10-17-7-4-6-12-8-15-9-13(12)17/h11-13,15H,3-10H2,1-2H3,(H,16,18). The third-order valence-electron chi connectivity index (χ3n) is 4.27. The molecule has 0 aromatic heterocycles. The fourth-order valence-corrected chi connectivity index (χ4v) is 3.37. The first-order chi connectivity index (χ1) is 8.70. The minimum atomic E-state index is 0.198. The van der Waals surface area contributed by atoms with Crippen molar-refractivity contribution in [3.8, 4) is 0 Å². The lowest BCUT2D eigenvalue weighted by Crippen LogP contribution is -2.50.